The number of nitrogens with one attached hydrogen (secondary N) is 1. The molecule has 0 saturated carbocycles. The fraction of sp³-hybridized carbons (Fsp3) is 0.400. The molecule has 1 aromatic heterocycles. The van der Waals surface area contributed by atoms with Crippen LogP contribution in [-0.2, 0) is 4.79 Å². The standard InChI is InChI=1S/C15H19N3O2S2/c1-3-10-21-15-18-17-14(22-15)16-13(19)12(4-2)20-11-8-6-5-7-9-11/h5-9,12H,3-4,10H2,1-2H3,(H,16,17,19)/t12-/m1/s1. The van der Waals surface area contributed by atoms with Crippen LogP contribution in [0.2, 0.25) is 0 Å². The van der Waals surface area contributed by atoms with Crippen molar-refractivity contribution in [1.82, 2.24) is 10.2 Å². The van der Waals surface area contributed by atoms with Crippen molar-refractivity contribution in [2.75, 3.05) is 11.1 Å². The number of anilines is 1. The third kappa shape index (κ3) is 4.99. The highest BCUT2D eigenvalue weighted by atomic mass is 32.2. The number of rotatable bonds is 8. The first-order valence-electron chi connectivity index (χ1n) is 7.21. The van der Waals surface area contributed by atoms with Crippen molar-refractivity contribution < 1.29 is 9.53 Å². The summed E-state index contributed by atoms with van der Waals surface area (Å²) in [5, 5.41) is 11.3. The van der Waals surface area contributed by atoms with Crippen molar-refractivity contribution in [2.24, 2.45) is 0 Å². The molecule has 1 heterocycles. The van der Waals surface area contributed by atoms with E-state index in [-0.39, 0.29) is 5.91 Å². The second-order valence-electron chi connectivity index (χ2n) is 4.54. The molecule has 1 amide bonds. The lowest BCUT2D eigenvalue weighted by Gasteiger charge is -2.16. The Hall–Kier alpha value is -1.60. The van der Waals surface area contributed by atoms with Crippen LogP contribution in [0.5, 0.6) is 5.75 Å². The summed E-state index contributed by atoms with van der Waals surface area (Å²) in [5.74, 6) is 1.48. The van der Waals surface area contributed by atoms with Crippen LogP contribution < -0.4 is 10.1 Å². The van der Waals surface area contributed by atoms with Crippen molar-refractivity contribution in [3.05, 3.63) is 30.3 Å². The number of hydrogen-bond donors (Lipinski definition) is 1. The molecule has 0 saturated heterocycles. The fourth-order valence-electron chi connectivity index (χ4n) is 1.68. The zero-order valence-electron chi connectivity index (χ0n) is 12.6. The number of benzene rings is 1. The van der Waals surface area contributed by atoms with E-state index in [1.807, 2.05) is 37.3 Å². The second-order valence-corrected chi connectivity index (χ2v) is 6.86. The van der Waals surface area contributed by atoms with Crippen LogP contribution in [0.1, 0.15) is 26.7 Å². The molecule has 7 heteroatoms. The second kappa shape index (κ2) is 8.75. The SMILES string of the molecule is CCCSc1nnc(NC(=O)[C@@H](CC)Oc2ccccc2)s1. The summed E-state index contributed by atoms with van der Waals surface area (Å²) in [5.41, 5.74) is 0. The smallest absolute Gasteiger partial charge is 0.267 e. The Bertz CT molecular complexity index is 589. The first kappa shape index (κ1) is 16.8. The van der Waals surface area contributed by atoms with Gasteiger partial charge in [0, 0.05) is 5.75 Å². The average Bonchev–Trinajstić information content (AvgIpc) is 2.98. The van der Waals surface area contributed by atoms with Crippen molar-refractivity contribution in [3.8, 4) is 5.75 Å². The molecule has 2 aromatic rings. The Morgan fingerprint density at radius 3 is 2.77 bits per heavy atom. The van der Waals surface area contributed by atoms with Gasteiger partial charge in [0.2, 0.25) is 5.13 Å². The van der Waals surface area contributed by atoms with Gasteiger partial charge in [-0.3, -0.25) is 10.1 Å². The number of thioether (sulfide) groups is 1. The average molecular weight is 337 g/mol. The maximum absolute atomic E-state index is 12.3. The lowest BCUT2D eigenvalue weighted by Crippen LogP contribution is -2.32. The van der Waals surface area contributed by atoms with E-state index in [2.05, 4.69) is 22.4 Å². The van der Waals surface area contributed by atoms with Gasteiger partial charge in [-0.2, -0.15) is 0 Å². The van der Waals surface area contributed by atoms with Gasteiger partial charge < -0.3 is 4.74 Å². The van der Waals surface area contributed by atoms with E-state index < -0.39 is 6.10 Å². The molecule has 1 aromatic carbocycles. The minimum atomic E-state index is -0.543. The Labute approximate surface area is 138 Å². The Balaban J connectivity index is 1.93. The van der Waals surface area contributed by atoms with Crippen LogP contribution >= 0.6 is 23.1 Å². The van der Waals surface area contributed by atoms with E-state index in [1.54, 1.807) is 11.8 Å². The minimum Gasteiger partial charge on any atom is -0.481 e. The molecule has 0 aliphatic heterocycles. The van der Waals surface area contributed by atoms with Gasteiger partial charge in [-0.1, -0.05) is 55.1 Å². The Morgan fingerprint density at radius 1 is 1.32 bits per heavy atom. The zero-order valence-corrected chi connectivity index (χ0v) is 14.2. The molecule has 0 fully saturated rings. The molecule has 0 radical (unpaired) electrons. The summed E-state index contributed by atoms with van der Waals surface area (Å²) in [6, 6.07) is 9.33. The van der Waals surface area contributed by atoms with E-state index in [1.165, 1.54) is 11.3 Å². The monoisotopic (exact) mass is 337 g/mol. The molecule has 118 valence electrons. The predicted octanol–water partition coefficient (Wildman–Crippen LogP) is 3.84. The van der Waals surface area contributed by atoms with E-state index in [9.17, 15) is 4.79 Å². The summed E-state index contributed by atoms with van der Waals surface area (Å²) in [7, 11) is 0. The quantitative estimate of drug-likeness (QED) is 0.586. The number of para-hydroxylation sites is 1. The largest absolute Gasteiger partial charge is 0.481 e. The van der Waals surface area contributed by atoms with Crippen LogP contribution in [0.4, 0.5) is 5.13 Å². The summed E-state index contributed by atoms with van der Waals surface area (Å²) < 4.78 is 6.58. The fourth-order valence-corrected chi connectivity index (χ4v) is 3.36. The molecule has 0 aliphatic carbocycles. The summed E-state index contributed by atoms with van der Waals surface area (Å²) >= 11 is 3.04. The number of aromatic nitrogens is 2. The maximum atomic E-state index is 12.3. The molecule has 0 bridgehead atoms. The van der Waals surface area contributed by atoms with Gasteiger partial charge in [-0.15, -0.1) is 10.2 Å². The van der Waals surface area contributed by atoms with Gasteiger partial charge in [0.05, 0.1) is 0 Å². The first-order valence-corrected chi connectivity index (χ1v) is 9.02. The van der Waals surface area contributed by atoms with Crippen LogP contribution in [0.3, 0.4) is 0 Å². The van der Waals surface area contributed by atoms with E-state index in [0.29, 0.717) is 17.3 Å². The van der Waals surface area contributed by atoms with Gasteiger partial charge in [-0.05, 0) is 25.0 Å². The normalized spacial score (nSPS) is 11.9. The maximum Gasteiger partial charge on any atom is 0.267 e. The molecule has 22 heavy (non-hydrogen) atoms. The lowest BCUT2D eigenvalue weighted by atomic mass is 10.2. The molecule has 0 aliphatic rings. The summed E-state index contributed by atoms with van der Waals surface area (Å²) in [6.45, 7) is 4.03. The number of carbonyl (C=O) groups excluding carboxylic acids is 1. The highest BCUT2D eigenvalue weighted by Gasteiger charge is 2.20. The highest BCUT2D eigenvalue weighted by Crippen LogP contribution is 2.26. The molecule has 1 N–H and O–H groups in total. The topological polar surface area (TPSA) is 64.1 Å². The molecule has 0 spiro atoms. The lowest BCUT2D eigenvalue weighted by molar-refractivity contribution is -0.122. The van der Waals surface area contributed by atoms with Gasteiger partial charge in [-0.25, -0.2) is 0 Å². The molecule has 0 unspecified atom stereocenters. The summed E-state index contributed by atoms with van der Waals surface area (Å²) in [6.07, 6.45) is 1.11. The van der Waals surface area contributed by atoms with Crippen LogP contribution in [0.15, 0.2) is 34.7 Å². The van der Waals surface area contributed by atoms with Crippen LogP contribution in [0, 0.1) is 0 Å². The molecule has 5 nitrogen and oxygen atoms in total. The molecular formula is C15H19N3O2S2. The van der Waals surface area contributed by atoms with Crippen molar-refractivity contribution in [1.29, 1.82) is 0 Å². The van der Waals surface area contributed by atoms with Crippen LogP contribution in [0.25, 0.3) is 0 Å². The highest BCUT2D eigenvalue weighted by molar-refractivity contribution is 8.01. The number of amides is 1. The molecule has 1 atom stereocenters. The van der Waals surface area contributed by atoms with Crippen molar-refractivity contribution in [2.45, 2.75) is 37.1 Å². The first-order chi connectivity index (χ1) is 10.7. The van der Waals surface area contributed by atoms with E-state index >= 15 is 0 Å². The van der Waals surface area contributed by atoms with Crippen molar-refractivity contribution in [3.63, 3.8) is 0 Å². The predicted molar refractivity (Wildman–Crippen MR) is 90.7 cm³/mol. The van der Waals surface area contributed by atoms with E-state index in [0.717, 1.165) is 16.5 Å². The van der Waals surface area contributed by atoms with Gasteiger partial charge in [0.15, 0.2) is 10.4 Å². The number of carbonyl (C=O) groups is 1. The third-order valence-electron chi connectivity index (χ3n) is 2.75. The summed E-state index contributed by atoms with van der Waals surface area (Å²) in [4.78, 5) is 12.3. The number of nitrogens with zero attached hydrogens (tertiary/aromatic N) is 2. The minimum absolute atomic E-state index is 0.199. The third-order valence-corrected chi connectivity index (χ3v) is 4.93. The number of hydrogen-bond acceptors (Lipinski definition) is 6. The van der Waals surface area contributed by atoms with Crippen molar-refractivity contribution >= 4 is 34.1 Å². The number of ether oxygens (including phenoxy) is 1. The van der Waals surface area contributed by atoms with Gasteiger partial charge in [0.1, 0.15) is 5.75 Å². The molecular weight excluding hydrogens is 318 g/mol. The van der Waals surface area contributed by atoms with Gasteiger partial charge >= 0.3 is 0 Å². The zero-order chi connectivity index (χ0) is 15.8. The van der Waals surface area contributed by atoms with Crippen LogP contribution in [-0.4, -0.2) is 28.0 Å². The van der Waals surface area contributed by atoms with Gasteiger partial charge in [0.25, 0.3) is 5.91 Å². The molecule has 2 rings (SSSR count). The Kier molecular flexibility index (Phi) is 6.67. The Morgan fingerprint density at radius 2 is 2.09 bits per heavy atom. The van der Waals surface area contributed by atoms with E-state index in [4.69, 9.17) is 4.74 Å².